The number of fused-ring (bicyclic) bond motifs is 1. The Kier molecular flexibility index (Phi) is 3.80. The number of amides is 1. The Morgan fingerprint density at radius 2 is 2.12 bits per heavy atom. The third kappa shape index (κ3) is 2.98. The first kappa shape index (κ1) is 16.1. The van der Waals surface area contributed by atoms with E-state index in [4.69, 9.17) is 4.74 Å². The molecule has 3 rings (SSSR count). The molecule has 1 amide bonds. The summed E-state index contributed by atoms with van der Waals surface area (Å²) in [5.41, 5.74) is 3.57. The number of hydrogen-bond donors (Lipinski definition) is 0. The third-order valence-electron chi connectivity index (χ3n) is 3.83. The van der Waals surface area contributed by atoms with Crippen LogP contribution in [-0.2, 0) is 18.2 Å². The number of nitrogens with zero attached hydrogens (tertiary/aromatic N) is 4. The average molecular weight is 324 g/mol. The van der Waals surface area contributed by atoms with Crippen LogP contribution < -0.4 is 4.90 Å². The number of aryl methyl sites for hydroxylation is 1. The van der Waals surface area contributed by atoms with Crippen LogP contribution in [0.25, 0.3) is 11.1 Å². The maximum absolute atomic E-state index is 12.3. The van der Waals surface area contributed by atoms with Gasteiger partial charge in [0.05, 0.1) is 5.69 Å². The fourth-order valence-electron chi connectivity index (χ4n) is 2.86. The van der Waals surface area contributed by atoms with Crippen molar-refractivity contribution in [2.45, 2.75) is 32.8 Å². The molecule has 1 aliphatic rings. The van der Waals surface area contributed by atoms with Crippen molar-refractivity contribution in [1.82, 2.24) is 9.78 Å². The first-order chi connectivity index (χ1) is 11.3. The van der Waals surface area contributed by atoms with E-state index in [0.29, 0.717) is 12.2 Å². The van der Waals surface area contributed by atoms with Crippen molar-refractivity contribution in [3.63, 3.8) is 0 Å². The van der Waals surface area contributed by atoms with Gasteiger partial charge in [0.15, 0.2) is 5.69 Å². The van der Waals surface area contributed by atoms with E-state index in [1.807, 2.05) is 45.2 Å². The van der Waals surface area contributed by atoms with Crippen molar-refractivity contribution in [2.75, 3.05) is 11.4 Å². The minimum Gasteiger partial charge on any atom is -0.443 e. The number of aromatic nitrogens is 2. The Morgan fingerprint density at radius 1 is 1.38 bits per heavy atom. The van der Waals surface area contributed by atoms with Crippen LogP contribution >= 0.6 is 0 Å². The van der Waals surface area contributed by atoms with Crippen LogP contribution in [0.2, 0.25) is 0 Å². The Bertz CT molecular complexity index is 840. The average Bonchev–Trinajstić information content (AvgIpc) is 3.07. The van der Waals surface area contributed by atoms with Gasteiger partial charge in [-0.1, -0.05) is 6.07 Å². The van der Waals surface area contributed by atoms with Gasteiger partial charge >= 0.3 is 6.09 Å². The highest BCUT2D eigenvalue weighted by Gasteiger charge is 2.29. The zero-order valence-electron chi connectivity index (χ0n) is 14.3. The van der Waals surface area contributed by atoms with Crippen molar-refractivity contribution in [3.05, 3.63) is 35.7 Å². The van der Waals surface area contributed by atoms with Gasteiger partial charge in [-0.2, -0.15) is 10.4 Å². The van der Waals surface area contributed by atoms with Crippen molar-refractivity contribution >= 4 is 11.8 Å². The van der Waals surface area contributed by atoms with Gasteiger partial charge in [0.1, 0.15) is 11.7 Å². The molecule has 6 nitrogen and oxygen atoms in total. The quantitative estimate of drug-likeness (QED) is 0.807. The maximum atomic E-state index is 12.3. The standard InChI is InChI=1S/C18H20N4O2/c1-18(2,3)24-17(23)22-8-7-13-9-12(5-6-16(13)22)14-11-21(4)20-15(14)10-19/h5-6,9,11H,7-8H2,1-4H3. The highest BCUT2D eigenvalue weighted by atomic mass is 16.6. The Hall–Kier alpha value is -2.81. The second-order valence-corrected chi connectivity index (χ2v) is 6.90. The molecule has 0 atom stereocenters. The highest BCUT2D eigenvalue weighted by Crippen LogP contribution is 2.34. The molecule has 0 saturated heterocycles. The molecule has 0 saturated carbocycles. The second-order valence-electron chi connectivity index (χ2n) is 6.90. The van der Waals surface area contributed by atoms with E-state index in [-0.39, 0.29) is 6.09 Å². The summed E-state index contributed by atoms with van der Waals surface area (Å²) in [5.74, 6) is 0. The van der Waals surface area contributed by atoms with E-state index in [2.05, 4.69) is 11.2 Å². The molecular formula is C18H20N4O2. The molecule has 2 heterocycles. The molecule has 1 aromatic heterocycles. The lowest BCUT2D eigenvalue weighted by molar-refractivity contribution is 0.0584. The van der Waals surface area contributed by atoms with Crippen molar-refractivity contribution in [1.29, 1.82) is 5.26 Å². The van der Waals surface area contributed by atoms with Crippen molar-refractivity contribution < 1.29 is 9.53 Å². The minimum absolute atomic E-state index is 0.326. The molecule has 0 spiro atoms. The van der Waals surface area contributed by atoms with E-state index in [1.54, 1.807) is 16.6 Å². The maximum Gasteiger partial charge on any atom is 0.414 e. The summed E-state index contributed by atoms with van der Waals surface area (Å²) in [6.45, 7) is 6.18. The fraction of sp³-hybridized carbons (Fsp3) is 0.389. The molecule has 1 aromatic carbocycles. The van der Waals surface area contributed by atoms with E-state index >= 15 is 0 Å². The van der Waals surface area contributed by atoms with Gasteiger partial charge in [-0.15, -0.1) is 0 Å². The van der Waals surface area contributed by atoms with E-state index in [9.17, 15) is 10.1 Å². The molecule has 124 valence electrons. The first-order valence-corrected chi connectivity index (χ1v) is 7.86. The fourth-order valence-corrected chi connectivity index (χ4v) is 2.86. The number of nitriles is 1. The summed E-state index contributed by atoms with van der Waals surface area (Å²) in [4.78, 5) is 14.0. The van der Waals surface area contributed by atoms with Gasteiger partial charge in [-0.05, 0) is 50.5 Å². The molecule has 0 radical (unpaired) electrons. The number of rotatable bonds is 1. The van der Waals surface area contributed by atoms with Gasteiger partial charge in [0, 0.05) is 25.4 Å². The summed E-state index contributed by atoms with van der Waals surface area (Å²) in [7, 11) is 1.79. The summed E-state index contributed by atoms with van der Waals surface area (Å²) < 4.78 is 7.10. The third-order valence-corrected chi connectivity index (χ3v) is 3.83. The van der Waals surface area contributed by atoms with Crippen molar-refractivity contribution in [2.24, 2.45) is 7.05 Å². The first-order valence-electron chi connectivity index (χ1n) is 7.86. The normalized spacial score (nSPS) is 13.5. The van der Waals surface area contributed by atoms with Crippen LogP contribution in [0.1, 0.15) is 32.0 Å². The zero-order chi connectivity index (χ0) is 17.5. The minimum atomic E-state index is -0.517. The van der Waals surface area contributed by atoms with Gasteiger partial charge in [0.2, 0.25) is 0 Å². The smallest absolute Gasteiger partial charge is 0.414 e. The van der Waals surface area contributed by atoms with E-state index in [1.165, 1.54) is 0 Å². The zero-order valence-corrected chi connectivity index (χ0v) is 14.3. The lowest BCUT2D eigenvalue weighted by Gasteiger charge is -2.24. The van der Waals surface area contributed by atoms with Crippen LogP contribution in [0.15, 0.2) is 24.4 Å². The summed E-state index contributed by atoms with van der Waals surface area (Å²) in [5, 5.41) is 13.4. The lowest BCUT2D eigenvalue weighted by atomic mass is 10.0. The van der Waals surface area contributed by atoms with Crippen molar-refractivity contribution in [3.8, 4) is 17.2 Å². The monoisotopic (exact) mass is 324 g/mol. The van der Waals surface area contributed by atoms with Crippen LogP contribution in [0.3, 0.4) is 0 Å². The number of hydrogen-bond acceptors (Lipinski definition) is 4. The lowest BCUT2D eigenvalue weighted by Crippen LogP contribution is -2.35. The van der Waals surface area contributed by atoms with Gasteiger partial charge in [-0.3, -0.25) is 9.58 Å². The molecule has 0 bridgehead atoms. The number of benzene rings is 1. The van der Waals surface area contributed by atoms with Gasteiger partial charge in [0.25, 0.3) is 0 Å². The Morgan fingerprint density at radius 3 is 2.79 bits per heavy atom. The highest BCUT2D eigenvalue weighted by molar-refractivity contribution is 5.91. The second kappa shape index (κ2) is 5.68. The van der Waals surface area contributed by atoms with Crippen LogP contribution in [0.4, 0.5) is 10.5 Å². The molecule has 2 aromatic rings. The molecule has 0 N–H and O–H groups in total. The largest absolute Gasteiger partial charge is 0.443 e. The summed E-state index contributed by atoms with van der Waals surface area (Å²) >= 11 is 0. The van der Waals surface area contributed by atoms with Crippen LogP contribution in [0.5, 0.6) is 0 Å². The molecule has 0 unspecified atom stereocenters. The predicted molar refractivity (Wildman–Crippen MR) is 90.6 cm³/mol. The molecule has 24 heavy (non-hydrogen) atoms. The number of carbonyl (C=O) groups excluding carboxylic acids is 1. The SMILES string of the molecule is Cn1cc(-c2ccc3c(c2)CCN3C(=O)OC(C)(C)C)c(C#N)n1. The molecule has 0 fully saturated rings. The predicted octanol–water partition coefficient (Wildman–Crippen LogP) is 3.26. The van der Waals surface area contributed by atoms with Gasteiger partial charge in [-0.25, -0.2) is 4.79 Å². The van der Waals surface area contributed by atoms with Crippen LogP contribution in [-0.4, -0.2) is 28.0 Å². The van der Waals surface area contributed by atoms with Crippen LogP contribution in [0, 0.1) is 11.3 Å². The van der Waals surface area contributed by atoms with E-state index < -0.39 is 5.60 Å². The Balaban J connectivity index is 1.91. The number of ether oxygens (including phenoxy) is 1. The molecule has 0 aliphatic carbocycles. The number of anilines is 1. The van der Waals surface area contributed by atoms with Gasteiger partial charge < -0.3 is 4.74 Å². The molecular weight excluding hydrogens is 304 g/mol. The summed E-state index contributed by atoms with van der Waals surface area (Å²) in [6, 6.07) is 7.97. The Labute approximate surface area is 141 Å². The molecule has 1 aliphatic heterocycles. The summed E-state index contributed by atoms with van der Waals surface area (Å²) in [6.07, 6.45) is 2.28. The topological polar surface area (TPSA) is 71.2 Å². The molecule has 6 heteroatoms. The number of carbonyl (C=O) groups is 1. The van der Waals surface area contributed by atoms with E-state index in [0.717, 1.165) is 28.8 Å².